The van der Waals surface area contributed by atoms with Crippen LogP contribution in [0.4, 0.5) is 0 Å². The minimum Gasteiger partial charge on any atom is -0.329 e. The van der Waals surface area contributed by atoms with E-state index in [2.05, 4.69) is 35.0 Å². The highest BCUT2D eigenvalue weighted by Gasteiger charge is 2.32. The van der Waals surface area contributed by atoms with Crippen LogP contribution in [0.2, 0.25) is 0 Å². The van der Waals surface area contributed by atoms with Crippen LogP contribution in [0.1, 0.15) is 40.2 Å². The number of hydrogen-bond donors (Lipinski definition) is 1. The van der Waals surface area contributed by atoms with Crippen LogP contribution in [-0.4, -0.2) is 23.0 Å². The number of rotatable bonds is 4. The van der Waals surface area contributed by atoms with E-state index in [0.717, 1.165) is 6.54 Å². The number of likely N-dealkylation sites (tertiary alicyclic amines) is 1. The van der Waals surface area contributed by atoms with Gasteiger partial charge >= 0.3 is 0 Å². The van der Waals surface area contributed by atoms with Crippen LogP contribution >= 0.6 is 11.3 Å². The van der Waals surface area contributed by atoms with Crippen LogP contribution in [0.3, 0.4) is 0 Å². The minimum absolute atomic E-state index is 0.335. The number of pyridine rings is 1. The van der Waals surface area contributed by atoms with Crippen molar-refractivity contribution in [1.29, 1.82) is 0 Å². The van der Waals surface area contributed by atoms with Gasteiger partial charge in [0.25, 0.3) is 0 Å². The average molecular weight is 287 g/mol. The van der Waals surface area contributed by atoms with E-state index in [4.69, 9.17) is 5.73 Å². The summed E-state index contributed by atoms with van der Waals surface area (Å²) in [6.07, 6.45) is 6.27. The second kappa shape index (κ2) is 6.04. The van der Waals surface area contributed by atoms with Gasteiger partial charge in [-0.1, -0.05) is 6.07 Å². The van der Waals surface area contributed by atoms with Crippen LogP contribution in [0.15, 0.2) is 36.7 Å². The lowest BCUT2D eigenvalue weighted by Crippen LogP contribution is -2.33. The van der Waals surface area contributed by atoms with Crippen molar-refractivity contribution in [1.82, 2.24) is 9.88 Å². The van der Waals surface area contributed by atoms with Crippen LogP contribution in [0.5, 0.6) is 0 Å². The lowest BCUT2D eigenvalue weighted by molar-refractivity contribution is 0.188. The Hall–Kier alpha value is -1.23. The summed E-state index contributed by atoms with van der Waals surface area (Å²) in [5.74, 6) is 0. The van der Waals surface area contributed by atoms with E-state index in [-0.39, 0.29) is 0 Å². The van der Waals surface area contributed by atoms with E-state index in [1.54, 1.807) is 0 Å². The number of nitrogens with two attached hydrogens (primary N) is 1. The van der Waals surface area contributed by atoms with Crippen molar-refractivity contribution < 1.29 is 0 Å². The van der Waals surface area contributed by atoms with Gasteiger partial charge in [-0.05, 0) is 50.1 Å². The zero-order valence-electron chi connectivity index (χ0n) is 11.8. The molecule has 0 aromatic carbocycles. The normalized spacial score (nSPS) is 21.2. The fourth-order valence-corrected chi connectivity index (χ4v) is 4.15. The molecule has 1 aliphatic heterocycles. The number of thiophene rings is 1. The van der Waals surface area contributed by atoms with Crippen LogP contribution in [-0.2, 0) is 0 Å². The standard InChI is InChI=1S/C16H21N3S/c1-12-6-7-16(20-12)15(10-17)19-9-3-5-14(19)13-4-2-8-18-11-13/h2,4,6-8,11,14-15H,3,5,9-10,17H2,1H3. The third kappa shape index (κ3) is 2.64. The van der Waals surface area contributed by atoms with Gasteiger partial charge in [0.05, 0.1) is 6.04 Å². The average Bonchev–Trinajstić information content (AvgIpc) is 3.11. The molecule has 1 saturated heterocycles. The van der Waals surface area contributed by atoms with Gasteiger partial charge in [0, 0.05) is 34.7 Å². The molecule has 2 atom stereocenters. The third-order valence-electron chi connectivity index (χ3n) is 4.08. The molecule has 2 N–H and O–H groups in total. The molecule has 20 heavy (non-hydrogen) atoms. The monoisotopic (exact) mass is 287 g/mol. The second-order valence-corrected chi connectivity index (χ2v) is 6.70. The van der Waals surface area contributed by atoms with E-state index in [1.165, 1.54) is 28.2 Å². The SMILES string of the molecule is Cc1ccc(C(CN)N2CCCC2c2cccnc2)s1. The Bertz CT molecular complexity index is 552. The Morgan fingerprint density at radius 1 is 1.45 bits per heavy atom. The summed E-state index contributed by atoms with van der Waals surface area (Å²) in [7, 11) is 0. The largest absolute Gasteiger partial charge is 0.329 e. The smallest absolute Gasteiger partial charge is 0.0569 e. The first-order valence-electron chi connectivity index (χ1n) is 7.21. The number of nitrogens with zero attached hydrogens (tertiary/aromatic N) is 2. The van der Waals surface area contributed by atoms with E-state index in [0.29, 0.717) is 18.6 Å². The molecule has 0 bridgehead atoms. The van der Waals surface area contributed by atoms with Crippen molar-refractivity contribution in [3.8, 4) is 0 Å². The molecule has 2 aromatic heterocycles. The van der Waals surface area contributed by atoms with Crippen LogP contribution in [0, 0.1) is 6.92 Å². The summed E-state index contributed by atoms with van der Waals surface area (Å²) in [5.41, 5.74) is 7.40. The van der Waals surface area contributed by atoms with Crippen molar-refractivity contribution in [2.24, 2.45) is 5.73 Å². The molecule has 2 aromatic rings. The zero-order chi connectivity index (χ0) is 13.9. The molecule has 0 spiro atoms. The maximum atomic E-state index is 6.08. The summed E-state index contributed by atoms with van der Waals surface area (Å²) in [6, 6.07) is 9.43. The van der Waals surface area contributed by atoms with Gasteiger partial charge in [0.1, 0.15) is 0 Å². The van der Waals surface area contributed by atoms with Gasteiger partial charge in [0.2, 0.25) is 0 Å². The van der Waals surface area contributed by atoms with Gasteiger partial charge in [0.15, 0.2) is 0 Å². The molecule has 0 aliphatic carbocycles. The molecule has 0 radical (unpaired) electrons. The highest BCUT2D eigenvalue weighted by atomic mass is 32.1. The Balaban J connectivity index is 1.87. The van der Waals surface area contributed by atoms with Gasteiger partial charge in [-0.2, -0.15) is 0 Å². The molecular formula is C16H21N3S. The van der Waals surface area contributed by atoms with Crippen LogP contribution < -0.4 is 5.73 Å². The van der Waals surface area contributed by atoms with E-state index < -0.39 is 0 Å². The predicted octanol–water partition coefficient (Wildman–Crippen LogP) is 3.29. The molecule has 3 nitrogen and oxygen atoms in total. The molecule has 1 aliphatic rings. The van der Waals surface area contributed by atoms with Crippen LogP contribution in [0.25, 0.3) is 0 Å². The lowest BCUT2D eigenvalue weighted by atomic mass is 10.0. The molecule has 1 fully saturated rings. The van der Waals surface area contributed by atoms with Gasteiger partial charge in [-0.25, -0.2) is 0 Å². The maximum Gasteiger partial charge on any atom is 0.0569 e. The summed E-state index contributed by atoms with van der Waals surface area (Å²) >= 11 is 1.87. The summed E-state index contributed by atoms with van der Waals surface area (Å²) in [5, 5.41) is 0. The third-order valence-corrected chi connectivity index (χ3v) is 5.18. The quantitative estimate of drug-likeness (QED) is 0.938. The fourth-order valence-electron chi connectivity index (χ4n) is 3.14. The molecule has 0 amide bonds. The first kappa shape index (κ1) is 13.7. The summed E-state index contributed by atoms with van der Waals surface area (Å²) in [6.45, 7) is 3.96. The van der Waals surface area contributed by atoms with E-state index in [9.17, 15) is 0 Å². The number of aromatic nitrogens is 1. The van der Waals surface area contributed by atoms with E-state index in [1.807, 2.05) is 29.8 Å². The zero-order valence-corrected chi connectivity index (χ0v) is 12.6. The van der Waals surface area contributed by atoms with Gasteiger partial charge in [-0.3, -0.25) is 9.88 Å². The lowest BCUT2D eigenvalue weighted by Gasteiger charge is -2.32. The molecule has 2 unspecified atom stereocenters. The number of hydrogen-bond acceptors (Lipinski definition) is 4. The topological polar surface area (TPSA) is 42.1 Å². The molecular weight excluding hydrogens is 266 g/mol. The molecule has 4 heteroatoms. The molecule has 3 rings (SSSR count). The predicted molar refractivity (Wildman–Crippen MR) is 83.8 cm³/mol. The molecule has 0 saturated carbocycles. The summed E-state index contributed by atoms with van der Waals surface area (Å²) in [4.78, 5) is 9.57. The fraction of sp³-hybridized carbons (Fsp3) is 0.438. The number of aryl methyl sites for hydroxylation is 1. The maximum absolute atomic E-state index is 6.08. The van der Waals surface area contributed by atoms with Gasteiger partial charge < -0.3 is 5.73 Å². The Kier molecular flexibility index (Phi) is 4.15. The highest BCUT2D eigenvalue weighted by Crippen LogP contribution is 2.39. The Labute approximate surface area is 124 Å². The van der Waals surface area contributed by atoms with E-state index >= 15 is 0 Å². The Morgan fingerprint density at radius 2 is 2.35 bits per heavy atom. The molecule has 106 valence electrons. The van der Waals surface area contributed by atoms with Gasteiger partial charge in [-0.15, -0.1) is 11.3 Å². The first-order valence-corrected chi connectivity index (χ1v) is 8.03. The van der Waals surface area contributed by atoms with Crippen molar-refractivity contribution in [3.05, 3.63) is 52.0 Å². The van der Waals surface area contributed by atoms with Crippen molar-refractivity contribution >= 4 is 11.3 Å². The summed E-state index contributed by atoms with van der Waals surface area (Å²) < 4.78 is 0. The van der Waals surface area contributed by atoms with Crippen molar-refractivity contribution in [3.63, 3.8) is 0 Å². The Morgan fingerprint density at radius 3 is 3.00 bits per heavy atom. The van der Waals surface area contributed by atoms with Crippen molar-refractivity contribution in [2.45, 2.75) is 31.8 Å². The minimum atomic E-state index is 0.335. The highest BCUT2D eigenvalue weighted by molar-refractivity contribution is 7.12. The van der Waals surface area contributed by atoms with Crippen molar-refractivity contribution in [2.75, 3.05) is 13.1 Å². The molecule has 3 heterocycles. The second-order valence-electron chi connectivity index (χ2n) is 5.38. The first-order chi connectivity index (χ1) is 9.79.